The van der Waals surface area contributed by atoms with Gasteiger partial charge in [0.15, 0.2) is 6.29 Å². The van der Waals surface area contributed by atoms with Crippen LogP contribution in [0.4, 0.5) is 0 Å². The lowest BCUT2D eigenvalue weighted by Crippen LogP contribution is -2.55. The molecule has 4 rings (SSSR count). The van der Waals surface area contributed by atoms with Crippen LogP contribution in [0.3, 0.4) is 0 Å². The van der Waals surface area contributed by atoms with Crippen LogP contribution in [0.1, 0.15) is 16.7 Å². The van der Waals surface area contributed by atoms with Crippen molar-refractivity contribution in [2.24, 2.45) is 0 Å². The van der Waals surface area contributed by atoms with Gasteiger partial charge in [-0.1, -0.05) is 91.0 Å². The summed E-state index contributed by atoms with van der Waals surface area (Å²) in [6, 6.07) is 29.6. The molecule has 1 unspecified atom stereocenters. The molecule has 1 N–H and O–H groups in total. The van der Waals surface area contributed by atoms with Gasteiger partial charge in [0.2, 0.25) is 0 Å². The van der Waals surface area contributed by atoms with E-state index in [1.54, 1.807) is 0 Å². The van der Waals surface area contributed by atoms with E-state index in [0.717, 1.165) is 16.7 Å². The molecule has 0 amide bonds. The summed E-state index contributed by atoms with van der Waals surface area (Å²) in [5.41, 5.74) is 3.09. The van der Waals surface area contributed by atoms with Crippen LogP contribution in [-0.4, -0.2) is 36.3 Å². The van der Waals surface area contributed by atoms with E-state index < -0.39 is 24.6 Å². The molecule has 0 aliphatic carbocycles. The number of hydrogen-bond donors (Lipinski definition) is 1. The number of benzene rings is 3. The van der Waals surface area contributed by atoms with Gasteiger partial charge in [-0.3, -0.25) is 0 Å². The maximum absolute atomic E-state index is 11.0. The normalized spacial score (nSPS) is 23.5. The third-order valence-electron chi connectivity index (χ3n) is 5.26. The molecule has 0 spiro atoms. The fraction of sp³-hybridized carbons (Fsp3) is 0.308. The van der Waals surface area contributed by atoms with Gasteiger partial charge in [0.25, 0.3) is 0 Å². The summed E-state index contributed by atoms with van der Waals surface area (Å²) in [6.07, 6.45) is -2.73. The number of ether oxygens (including phenoxy) is 4. The second-order valence-corrected chi connectivity index (χ2v) is 7.59. The van der Waals surface area contributed by atoms with E-state index in [0.29, 0.717) is 19.8 Å². The van der Waals surface area contributed by atoms with Crippen LogP contribution < -0.4 is 0 Å². The van der Waals surface area contributed by atoms with Gasteiger partial charge in [-0.2, -0.15) is 0 Å². The van der Waals surface area contributed by atoms with Gasteiger partial charge in [-0.15, -0.1) is 0 Å². The van der Waals surface area contributed by atoms with E-state index in [4.69, 9.17) is 18.9 Å². The molecule has 5 nitrogen and oxygen atoms in total. The Morgan fingerprint density at radius 3 is 1.61 bits per heavy atom. The van der Waals surface area contributed by atoms with Crippen LogP contribution in [0.25, 0.3) is 0 Å². The van der Waals surface area contributed by atoms with Crippen molar-refractivity contribution in [2.75, 3.05) is 6.61 Å². The van der Waals surface area contributed by atoms with Gasteiger partial charge in [-0.25, -0.2) is 0 Å². The minimum Gasteiger partial charge on any atom is -0.387 e. The number of aliphatic hydroxyl groups is 1. The third kappa shape index (κ3) is 6.23. The van der Waals surface area contributed by atoms with Crippen molar-refractivity contribution in [1.82, 2.24) is 0 Å². The van der Waals surface area contributed by atoms with Gasteiger partial charge in [-0.05, 0) is 16.7 Å². The summed E-state index contributed by atoms with van der Waals surface area (Å²) >= 11 is 0. The second-order valence-electron chi connectivity index (χ2n) is 7.59. The van der Waals surface area contributed by atoms with Crippen molar-refractivity contribution in [2.45, 2.75) is 44.4 Å². The monoisotopic (exact) mass is 420 g/mol. The molecule has 31 heavy (non-hydrogen) atoms. The lowest BCUT2D eigenvalue weighted by molar-refractivity contribution is -0.293. The summed E-state index contributed by atoms with van der Waals surface area (Å²) in [5, 5.41) is 11.0. The summed E-state index contributed by atoms with van der Waals surface area (Å²) in [6.45, 7) is 1.35. The Labute approximate surface area is 183 Å². The maximum atomic E-state index is 11.0. The van der Waals surface area contributed by atoms with Crippen LogP contribution in [0.5, 0.6) is 0 Å². The van der Waals surface area contributed by atoms with Crippen LogP contribution in [-0.2, 0) is 38.8 Å². The molecule has 1 fully saturated rings. The fourth-order valence-electron chi connectivity index (χ4n) is 3.52. The van der Waals surface area contributed by atoms with Gasteiger partial charge >= 0.3 is 0 Å². The van der Waals surface area contributed by atoms with E-state index in [9.17, 15) is 5.11 Å². The van der Waals surface area contributed by atoms with Crippen molar-refractivity contribution in [3.05, 3.63) is 108 Å². The van der Waals surface area contributed by atoms with E-state index in [1.165, 1.54) is 0 Å². The highest BCUT2D eigenvalue weighted by Crippen LogP contribution is 2.24. The van der Waals surface area contributed by atoms with Crippen LogP contribution in [0.15, 0.2) is 91.0 Å². The first-order valence-corrected chi connectivity index (χ1v) is 10.6. The van der Waals surface area contributed by atoms with Crippen molar-refractivity contribution in [3.63, 3.8) is 0 Å². The average Bonchev–Trinajstić information content (AvgIpc) is 2.83. The highest BCUT2D eigenvalue weighted by molar-refractivity contribution is 5.15. The molecule has 162 valence electrons. The molecule has 3 aromatic carbocycles. The smallest absolute Gasteiger partial charge is 0.186 e. The lowest BCUT2D eigenvalue weighted by atomic mass is 10.0. The van der Waals surface area contributed by atoms with E-state index in [1.807, 2.05) is 91.0 Å². The van der Waals surface area contributed by atoms with Crippen LogP contribution >= 0.6 is 0 Å². The molecule has 1 aliphatic heterocycles. The highest BCUT2D eigenvalue weighted by atomic mass is 16.7. The SMILES string of the molecule is O[C@H]1[C@H](OCc2ccccc2)COC(OCc2ccccc2)[C@@H]1OCc1ccccc1. The zero-order valence-corrected chi connectivity index (χ0v) is 17.4. The standard InChI is InChI=1S/C26H28O5/c27-24-23(28-16-20-10-4-1-5-11-20)19-31-26(30-18-22-14-8-3-9-15-22)25(24)29-17-21-12-6-2-7-13-21/h1-15,23-27H,16-19H2/t23-,24+,25-,26?/m1/s1. The topological polar surface area (TPSA) is 57.2 Å². The molecule has 0 aromatic heterocycles. The first-order chi connectivity index (χ1) is 15.3. The van der Waals surface area contributed by atoms with Crippen LogP contribution in [0.2, 0.25) is 0 Å². The average molecular weight is 421 g/mol. The Morgan fingerprint density at radius 2 is 1.10 bits per heavy atom. The summed E-state index contributed by atoms with van der Waals surface area (Å²) in [4.78, 5) is 0. The van der Waals surface area contributed by atoms with E-state index in [-0.39, 0.29) is 6.61 Å². The molecule has 0 bridgehead atoms. The van der Waals surface area contributed by atoms with Gasteiger partial charge in [0.05, 0.1) is 26.4 Å². The molecule has 0 radical (unpaired) electrons. The van der Waals surface area contributed by atoms with Crippen molar-refractivity contribution in [3.8, 4) is 0 Å². The van der Waals surface area contributed by atoms with Gasteiger partial charge in [0, 0.05) is 0 Å². The second kappa shape index (κ2) is 11.2. The zero-order valence-electron chi connectivity index (χ0n) is 17.4. The predicted octanol–water partition coefficient (Wildman–Crippen LogP) is 4.09. The van der Waals surface area contributed by atoms with Gasteiger partial charge in [0.1, 0.15) is 18.3 Å². The number of aliphatic hydroxyl groups excluding tert-OH is 1. The Balaban J connectivity index is 1.40. The number of rotatable bonds is 9. The largest absolute Gasteiger partial charge is 0.387 e. The Morgan fingerprint density at radius 1 is 0.645 bits per heavy atom. The molecule has 0 saturated carbocycles. The zero-order chi connectivity index (χ0) is 21.3. The van der Waals surface area contributed by atoms with E-state index >= 15 is 0 Å². The lowest BCUT2D eigenvalue weighted by Gasteiger charge is -2.39. The molecule has 3 aromatic rings. The molecule has 5 heteroatoms. The molecular formula is C26H28O5. The van der Waals surface area contributed by atoms with Gasteiger partial charge < -0.3 is 24.1 Å². The third-order valence-corrected chi connectivity index (χ3v) is 5.26. The summed E-state index contributed by atoms with van der Waals surface area (Å²) in [5.74, 6) is 0. The molecule has 4 atom stereocenters. The molecular weight excluding hydrogens is 392 g/mol. The first kappa shape index (κ1) is 21.7. The van der Waals surface area contributed by atoms with Crippen molar-refractivity contribution >= 4 is 0 Å². The first-order valence-electron chi connectivity index (χ1n) is 10.6. The van der Waals surface area contributed by atoms with Crippen molar-refractivity contribution in [1.29, 1.82) is 0 Å². The quantitative estimate of drug-likeness (QED) is 0.565. The Hall–Kier alpha value is -2.54. The Bertz CT molecular complexity index is 887. The molecule has 1 saturated heterocycles. The van der Waals surface area contributed by atoms with E-state index in [2.05, 4.69) is 0 Å². The molecule has 1 heterocycles. The Kier molecular flexibility index (Phi) is 7.82. The van der Waals surface area contributed by atoms with Crippen LogP contribution in [0, 0.1) is 0 Å². The summed E-state index contributed by atoms with van der Waals surface area (Å²) < 4.78 is 24.0. The highest BCUT2D eigenvalue weighted by Gasteiger charge is 2.41. The summed E-state index contributed by atoms with van der Waals surface area (Å²) in [7, 11) is 0. The maximum Gasteiger partial charge on any atom is 0.186 e. The van der Waals surface area contributed by atoms with Crippen molar-refractivity contribution < 1.29 is 24.1 Å². The minimum atomic E-state index is -0.873. The predicted molar refractivity (Wildman–Crippen MR) is 117 cm³/mol. The minimum absolute atomic E-state index is 0.235. The number of hydrogen-bond acceptors (Lipinski definition) is 5. The fourth-order valence-corrected chi connectivity index (χ4v) is 3.52. The molecule has 1 aliphatic rings.